The van der Waals surface area contributed by atoms with Gasteiger partial charge in [-0.3, -0.25) is 9.40 Å². The number of benzene rings is 2. The van der Waals surface area contributed by atoms with E-state index in [0.717, 1.165) is 25.7 Å². The molecule has 146 valence electrons. The van der Waals surface area contributed by atoms with E-state index in [9.17, 15) is 12.8 Å². The molecule has 0 radical (unpaired) electrons. The van der Waals surface area contributed by atoms with E-state index in [1.54, 1.807) is 16.9 Å². The van der Waals surface area contributed by atoms with Crippen LogP contribution in [0.25, 0.3) is 11.3 Å². The van der Waals surface area contributed by atoms with Crippen LogP contribution in [0.1, 0.15) is 31.7 Å². The van der Waals surface area contributed by atoms with Crippen LogP contribution in [0.3, 0.4) is 0 Å². The average molecular weight is 464 g/mol. The minimum atomic E-state index is -4.02. The molecule has 0 bridgehead atoms. The summed E-state index contributed by atoms with van der Waals surface area (Å²) in [5.74, 6) is -0.651. The van der Waals surface area contributed by atoms with Gasteiger partial charge in [0.25, 0.3) is 10.0 Å². The lowest BCUT2D eigenvalue weighted by Gasteiger charge is -2.09. The molecule has 0 atom stereocenters. The molecule has 1 saturated carbocycles. The number of rotatable bonds is 5. The monoisotopic (exact) mass is 463 g/mol. The number of hydrogen-bond donors (Lipinski definition) is 1. The number of nitrogens with zero attached hydrogens (tertiary/aromatic N) is 2. The smallest absolute Gasteiger partial charge is 0.265 e. The maximum atomic E-state index is 14.2. The Balaban J connectivity index is 1.78. The van der Waals surface area contributed by atoms with Gasteiger partial charge in [0.1, 0.15) is 16.4 Å². The maximum absolute atomic E-state index is 14.2. The number of hydrogen-bond acceptors (Lipinski definition) is 3. The van der Waals surface area contributed by atoms with Crippen molar-refractivity contribution in [2.24, 2.45) is 0 Å². The lowest BCUT2D eigenvalue weighted by atomic mass is 10.2. The molecule has 0 aliphatic heterocycles. The Labute approximate surface area is 171 Å². The molecule has 0 spiro atoms. The number of anilines is 1. The zero-order valence-corrected chi connectivity index (χ0v) is 17.4. The number of aromatic nitrogens is 2. The molecule has 1 aliphatic carbocycles. The van der Waals surface area contributed by atoms with E-state index in [1.165, 1.54) is 12.1 Å². The maximum Gasteiger partial charge on any atom is 0.265 e. The fraction of sp³-hybridized carbons (Fsp3) is 0.250. The quantitative estimate of drug-likeness (QED) is 0.553. The van der Waals surface area contributed by atoms with Crippen LogP contribution in [0, 0.1) is 5.82 Å². The summed E-state index contributed by atoms with van der Waals surface area (Å²) in [5.41, 5.74) is 0.976. The summed E-state index contributed by atoms with van der Waals surface area (Å²) in [5, 5.41) is 4.60. The second-order valence-corrected chi connectivity index (χ2v) is 9.42. The first-order valence-electron chi connectivity index (χ1n) is 9.06. The van der Waals surface area contributed by atoms with Crippen molar-refractivity contribution in [3.8, 4) is 11.3 Å². The minimum Gasteiger partial charge on any atom is -0.277 e. The molecule has 5 nitrogen and oxygen atoms in total. The van der Waals surface area contributed by atoms with E-state index in [2.05, 4.69) is 25.8 Å². The Bertz CT molecular complexity index is 1090. The van der Waals surface area contributed by atoms with Crippen LogP contribution in [-0.2, 0) is 10.0 Å². The summed E-state index contributed by atoms with van der Waals surface area (Å²) >= 11 is 3.17. The Morgan fingerprint density at radius 2 is 1.82 bits per heavy atom. The molecule has 1 N–H and O–H groups in total. The van der Waals surface area contributed by atoms with E-state index in [1.807, 2.05) is 30.3 Å². The molecule has 4 rings (SSSR count). The third kappa shape index (κ3) is 3.84. The van der Waals surface area contributed by atoms with E-state index in [-0.39, 0.29) is 16.6 Å². The van der Waals surface area contributed by atoms with E-state index >= 15 is 0 Å². The van der Waals surface area contributed by atoms with Crippen molar-refractivity contribution in [3.05, 3.63) is 65.0 Å². The van der Waals surface area contributed by atoms with Gasteiger partial charge >= 0.3 is 0 Å². The Morgan fingerprint density at radius 1 is 1.11 bits per heavy atom. The Hall–Kier alpha value is -2.19. The van der Waals surface area contributed by atoms with E-state index in [0.29, 0.717) is 15.7 Å². The lowest BCUT2D eigenvalue weighted by molar-refractivity contribution is 0.467. The van der Waals surface area contributed by atoms with E-state index in [4.69, 9.17) is 0 Å². The molecule has 0 amide bonds. The molecule has 0 saturated heterocycles. The topological polar surface area (TPSA) is 64.0 Å². The van der Waals surface area contributed by atoms with Gasteiger partial charge in [0.15, 0.2) is 0 Å². The van der Waals surface area contributed by atoms with Crippen molar-refractivity contribution < 1.29 is 12.8 Å². The third-order valence-electron chi connectivity index (χ3n) is 4.91. The molecule has 1 heterocycles. The first-order valence-corrected chi connectivity index (χ1v) is 11.3. The highest BCUT2D eigenvalue weighted by molar-refractivity contribution is 9.10. The first kappa shape index (κ1) is 19.1. The number of halogens is 2. The summed E-state index contributed by atoms with van der Waals surface area (Å²) in [6, 6.07) is 13.6. The molecule has 2 aromatic carbocycles. The minimum absolute atomic E-state index is 0.0490. The SMILES string of the molecule is O=S(=O)(Nc1ccc(Br)cc1F)c1cn(C2CCCC2)nc1-c1ccccc1. The molecule has 3 aromatic rings. The summed E-state index contributed by atoms with van der Waals surface area (Å²) in [6.45, 7) is 0. The molecular weight excluding hydrogens is 445 g/mol. The zero-order valence-electron chi connectivity index (χ0n) is 15.0. The van der Waals surface area contributed by atoms with Crippen LogP contribution in [0.4, 0.5) is 10.1 Å². The largest absolute Gasteiger partial charge is 0.277 e. The van der Waals surface area contributed by atoms with Gasteiger partial charge in [0.2, 0.25) is 0 Å². The van der Waals surface area contributed by atoms with Gasteiger partial charge < -0.3 is 0 Å². The van der Waals surface area contributed by atoms with Crippen molar-refractivity contribution >= 4 is 31.6 Å². The normalized spacial score (nSPS) is 15.1. The molecule has 1 fully saturated rings. The number of nitrogens with one attached hydrogen (secondary N) is 1. The highest BCUT2D eigenvalue weighted by Crippen LogP contribution is 2.34. The van der Waals surface area contributed by atoms with E-state index < -0.39 is 15.8 Å². The molecule has 1 aliphatic rings. The van der Waals surface area contributed by atoms with Crippen LogP contribution in [0.5, 0.6) is 0 Å². The van der Waals surface area contributed by atoms with Crippen molar-refractivity contribution in [3.63, 3.8) is 0 Å². The predicted molar refractivity (Wildman–Crippen MR) is 110 cm³/mol. The van der Waals surface area contributed by atoms with Gasteiger partial charge in [-0.2, -0.15) is 5.10 Å². The second kappa shape index (κ2) is 7.67. The second-order valence-electron chi connectivity index (χ2n) is 6.86. The lowest BCUT2D eigenvalue weighted by Crippen LogP contribution is -2.14. The average Bonchev–Trinajstić information content (AvgIpc) is 3.34. The van der Waals surface area contributed by atoms with Gasteiger partial charge in [-0.05, 0) is 31.0 Å². The van der Waals surface area contributed by atoms with Gasteiger partial charge in [0, 0.05) is 16.2 Å². The van der Waals surface area contributed by atoms with Gasteiger partial charge in [-0.1, -0.05) is 59.1 Å². The standard InChI is InChI=1S/C20H19BrFN3O2S/c21-15-10-11-18(17(22)12-15)24-28(26,27)19-13-25(16-8-4-5-9-16)23-20(19)14-6-2-1-3-7-14/h1-3,6-7,10-13,16,24H,4-5,8-9H2. The highest BCUT2D eigenvalue weighted by atomic mass is 79.9. The van der Waals surface area contributed by atoms with Gasteiger partial charge in [-0.25, -0.2) is 12.8 Å². The summed E-state index contributed by atoms with van der Waals surface area (Å²) in [6.07, 6.45) is 5.73. The highest BCUT2D eigenvalue weighted by Gasteiger charge is 2.27. The zero-order chi connectivity index (χ0) is 19.7. The molecule has 1 aromatic heterocycles. The Morgan fingerprint density at radius 3 is 2.50 bits per heavy atom. The van der Waals surface area contributed by atoms with Crippen LogP contribution < -0.4 is 4.72 Å². The fourth-order valence-corrected chi connectivity index (χ4v) is 5.05. The van der Waals surface area contributed by atoms with Crippen LogP contribution in [0.15, 0.2) is 64.1 Å². The van der Waals surface area contributed by atoms with Crippen LogP contribution >= 0.6 is 15.9 Å². The van der Waals surface area contributed by atoms with Crippen molar-refractivity contribution in [1.82, 2.24) is 9.78 Å². The molecular formula is C20H19BrFN3O2S. The van der Waals surface area contributed by atoms with Crippen molar-refractivity contribution in [2.45, 2.75) is 36.6 Å². The molecule has 8 heteroatoms. The number of sulfonamides is 1. The van der Waals surface area contributed by atoms with Crippen molar-refractivity contribution in [1.29, 1.82) is 0 Å². The summed E-state index contributed by atoms with van der Waals surface area (Å²) < 4.78 is 45.1. The third-order valence-corrected chi connectivity index (χ3v) is 6.77. The first-order chi connectivity index (χ1) is 13.4. The van der Waals surface area contributed by atoms with Gasteiger partial charge in [-0.15, -0.1) is 0 Å². The predicted octanol–water partition coefficient (Wildman–Crippen LogP) is 5.37. The van der Waals surface area contributed by atoms with Crippen molar-refractivity contribution in [2.75, 3.05) is 4.72 Å². The molecule has 28 heavy (non-hydrogen) atoms. The fourth-order valence-electron chi connectivity index (χ4n) is 3.50. The Kier molecular flexibility index (Phi) is 5.25. The van der Waals surface area contributed by atoms with Crippen LogP contribution in [-0.4, -0.2) is 18.2 Å². The van der Waals surface area contributed by atoms with Crippen LogP contribution in [0.2, 0.25) is 0 Å². The summed E-state index contributed by atoms with van der Waals surface area (Å²) in [4.78, 5) is 0.0490. The van der Waals surface area contributed by atoms with Gasteiger partial charge in [0.05, 0.1) is 11.7 Å². The molecule has 0 unspecified atom stereocenters. The summed E-state index contributed by atoms with van der Waals surface area (Å²) in [7, 11) is -4.02.